The van der Waals surface area contributed by atoms with Crippen LogP contribution < -0.4 is 31.4 Å². The number of hydrogen-bond donors (Lipinski definition) is 2. The second kappa shape index (κ2) is 11.4. The van der Waals surface area contributed by atoms with E-state index in [9.17, 15) is 28.0 Å². The molecule has 0 unspecified atom stereocenters. The molecule has 2 N–H and O–H groups in total. The zero-order valence-corrected chi connectivity index (χ0v) is 22.1. The summed E-state index contributed by atoms with van der Waals surface area (Å²) in [6.45, 7) is 3.13. The molecule has 2 amide bonds. The molecule has 42 heavy (non-hydrogen) atoms. The molecule has 5 rings (SSSR count). The minimum Gasteiger partial charge on any atom is -0.452 e. The van der Waals surface area contributed by atoms with Crippen LogP contribution in [0.4, 0.5) is 25.0 Å². The van der Waals surface area contributed by atoms with Crippen molar-refractivity contribution in [2.45, 2.75) is 20.4 Å². The second-order valence-corrected chi connectivity index (χ2v) is 8.88. The number of benzene rings is 2. The van der Waals surface area contributed by atoms with Gasteiger partial charge in [0.2, 0.25) is 11.7 Å². The molecule has 0 saturated heterocycles. The number of carbonyl (C=O) groups excluding carboxylic acids is 2. The number of nitrogens with one attached hydrogen (secondary N) is 2. The summed E-state index contributed by atoms with van der Waals surface area (Å²) in [6, 6.07) is 11.4. The van der Waals surface area contributed by atoms with Gasteiger partial charge in [-0.25, -0.2) is 27.5 Å². The standard InChI is InChI=1S/C28H22F2N6O6/c1-3-34-15-25(26(38)36(28(34)40)20-7-4-17(29)5-8-20)42-27(39)33-18-6-9-23(21(30)12-18)41-24-13-19(32-16(2)37)14-35-22(24)10-11-31-35/h4-15H,3H2,1-2H3,(H,32,37)(H,33,39). The first-order chi connectivity index (χ1) is 20.1. The summed E-state index contributed by atoms with van der Waals surface area (Å²) < 4.78 is 42.6. The van der Waals surface area contributed by atoms with E-state index in [-0.39, 0.29) is 35.3 Å². The molecule has 0 aliphatic rings. The molecule has 3 heterocycles. The number of aryl methyl sites for hydroxylation is 1. The van der Waals surface area contributed by atoms with Gasteiger partial charge in [0.1, 0.15) is 11.3 Å². The fourth-order valence-corrected chi connectivity index (χ4v) is 4.06. The molecule has 3 aromatic heterocycles. The molecule has 0 fully saturated rings. The van der Waals surface area contributed by atoms with Crippen LogP contribution in [-0.4, -0.2) is 30.7 Å². The van der Waals surface area contributed by atoms with Crippen LogP contribution in [0.3, 0.4) is 0 Å². The Morgan fingerprint density at radius 1 is 0.905 bits per heavy atom. The van der Waals surface area contributed by atoms with Gasteiger partial charge in [0.05, 0.1) is 30.0 Å². The van der Waals surface area contributed by atoms with Gasteiger partial charge in [0, 0.05) is 31.3 Å². The van der Waals surface area contributed by atoms with E-state index < -0.39 is 34.7 Å². The lowest BCUT2D eigenvalue weighted by Crippen LogP contribution is -2.39. The lowest BCUT2D eigenvalue weighted by molar-refractivity contribution is -0.114. The highest BCUT2D eigenvalue weighted by Gasteiger charge is 2.18. The summed E-state index contributed by atoms with van der Waals surface area (Å²) in [5.41, 5.74) is -0.719. The first-order valence-electron chi connectivity index (χ1n) is 12.5. The molecule has 0 bridgehead atoms. The maximum atomic E-state index is 15.0. The van der Waals surface area contributed by atoms with Crippen LogP contribution >= 0.6 is 0 Å². The summed E-state index contributed by atoms with van der Waals surface area (Å²) in [5.74, 6) is -2.18. The van der Waals surface area contributed by atoms with Gasteiger partial charge in [0.15, 0.2) is 17.3 Å². The monoisotopic (exact) mass is 576 g/mol. The van der Waals surface area contributed by atoms with Gasteiger partial charge in [0.25, 0.3) is 0 Å². The van der Waals surface area contributed by atoms with Crippen LogP contribution in [0.15, 0.2) is 82.8 Å². The average molecular weight is 577 g/mol. The van der Waals surface area contributed by atoms with Gasteiger partial charge in [-0.3, -0.25) is 19.5 Å². The normalized spacial score (nSPS) is 10.9. The number of amides is 2. The summed E-state index contributed by atoms with van der Waals surface area (Å²) in [4.78, 5) is 49.9. The van der Waals surface area contributed by atoms with Crippen molar-refractivity contribution in [3.05, 3.63) is 106 Å². The van der Waals surface area contributed by atoms with Crippen LogP contribution in [0.1, 0.15) is 13.8 Å². The molecule has 2 aromatic carbocycles. The Hall–Kier alpha value is -5.79. The molecule has 0 saturated carbocycles. The fraction of sp³-hybridized carbons (Fsp3) is 0.107. The summed E-state index contributed by atoms with van der Waals surface area (Å²) in [6.07, 6.45) is 3.03. The number of aromatic nitrogens is 4. The SMILES string of the molecule is CCn1cc(OC(=O)Nc2ccc(Oc3cc(NC(C)=O)cn4nccc34)c(F)c2)c(=O)n(-c2ccc(F)cc2)c1=O. The lowest BCUT2D eigenvalue weighted by Gasteiger charge is -2.13. The van der Waals surface area contributed by atoms with Crippen LogP contribution in [-0.2, 0) is 11.3 Å². The molecule has 0 aliphatic heterocycles. The third-order valence-electron chi connectivity index (χ3n) is 5.94. The zero-order chi connectivity index (χ0) is 30.0. The van der Waals surface area contributed by atoms with Crippen LogP contribution in [0.2, 0.25) is 0 Å². The number of rotatable bonds is 7. The molecule has 14 heteroatoms. The van der Waals surface area contributed by atoms with Gasteiger partial charge in [-0.05, 0) is 49.4 Å². The third-order valence-corrected chi connectivity index (χ3v) is 5.94. The molecule has 5 aromatic rings. The Bertz CT molecular complexity index is 1950. The van der Waals surface area contributed by atoms with Gasteiger partial charge >= 0.3 is 17.3 Å². The number of anilines is 2. The number of pyridine rings is 1. The molecule has 0 radical (unpaired) electrons. The second-order valence-electron chi connectivity index (χ2n) is 8.88. The highest BCUT2D eigenvalue weighted by molar-refractivity contribution is 5.89. The van der Waals surface area contributed by atoms with E-state index in [0.29, 0.717) is 11.2 Å². The van der Waals surface area contributed by atoms with Crippen molar-refractivity contribution in [1.29, 1.82) is 0 Å². The van der Waals surface area contributed by atoms with E-state index in [1.807, 2.05) is 0 Å². The van der Waals surface area contributed by atoms with E-state index in [4.69, 9.17) is 9.47 Å². The highest BCUT2D eigenvalue weighted by atomic mass is 19.1. The Kier molecular flexibility index (Phi) is 7.51. The van der Waals surface area contributed by atoms with E-state index in [0.717, 1.165) is 33.5 Å². The third kappa shape index (κ3) is 5.72. The van der Waals surface area contributed by atoms with E-state index in [1.54, 1.807) is 19.2 Å². The first kappa shape index (κ1) is 27.8. The molecule has 12 nitrogen and oxygen atoms in total. The summed E-state index contributed by atoms with van der Waals surface area (Å²) >= 11 is 0. The fourth-order valence-electron chi connectivity index (χ4n) is 4.06. The minimum absolute atomic E-state index is 0.0194. The predicted molar refractivity (Wildman–Crippen MR) is 148 cm³/mol. The number of hydrogen-bond acceptors (Lipinski definition) is 7. The summed E-state index contributed by atoms with van der Waals surface area (Å²) in [7, 11) is 0. The number of fused-ring (bicyclic) bond motifs is 1. The smallest absolute Gasteiger partial charge is 0.417 e. The Morgan fingerprint density at radius 2 is 1.67 bits per heavy atom. The zero-order valence-electron chi connectivity index (χ0n) is 22.1. The molecule has 214 valence electrons. The summed E-state index contributed by atoms with van der Waals surface area (Å²) in [5, 5.41) is 9.05. The average Bonchev–Trinajstić information content (AvgIpc) is 3.41. The van der Waals surface area contributed by atoms with Crippen molar-refractivity contribution < 1.29 is 27.8 Å². The Morgan fingerprint density at radius 3 is 2.36 bits per heavy atom. The molecular formula is C28H22F2N6O6. The lowest BCUT2D eigenvalue weighted by atomic mass is 10.2. The number of nitrogens with zero attached hydrogens (tertiary/aromatic N) is 4. The molecular weight excluding hydrogens is 554 g/mol. The van der Waals surface area contributed by atoms with E-state index in [2.05, 4.69) is 15.7 Å². The largest absolute Gasteiger partial charge is 0.452 e. The maximum absolute atomic E-state index is 15.0. The van der Waals surface area contributed by atoms with Crippen LogP contribution in [0.5, 0.6) is 17.2 Å². The first-order valence-corrected chi connectivity index (χ1v) is 12.5. The molecule has 0 aliphatic carbocycles. The van der Waals surface area contributed by atoms with Crippen molar-refractivity contribution in [3.63, 3.8) is 0 Å². The van der Waals surface area contributed by atoms with Crippen LogP contribution in [0, 0.1) is 11.6 Å². The van der Waals surface area contributed by atoms with Crippen molar-refractivity contribution in [2.75, 3.05) is 10.6 Å². The van der Waals surface area contributed by atoms with Gasteiger partial charge in [-0.1, -0.05) is 0 Å². The molecule has 0 atom stereocenters. The van der Waals surface area contributed by atoms with E-state index in [1.165, 1.54) is 48.0 Å². The molecule has 0 spiro atoms. The highest BCUT2D eigenvalue weighted by Crippen LogP contribution is 2.31. The number of carbonyl (C=O) groups is 2. The van der Waals surface area contributed by atoms with Gasteiger partial charge in [-0.15, -0.1) is 0 Å². The van der Waals surface area contributed by atoms with E-state index >= 15 is 0 Å². The number of ether oxygens (including phenoxy) is 2. The van der Waals surface area contributed by atoms with Gasteiger partial charge < -0.3 is 14.8 Å². The van der Waals surface area contributed by atoms with Crippen LogP contribution in [0.25, 0.3) is 11.2 Å². The number of halogens is 2. The topological polar surface area (TPSA) is 138 Å². The van der Waals surface area contributed by atoms with Crippen molar-refractivity contribution in [2.24, 2.45) is 0 Å². The Labute approximate surface area is 235 Å². The van der Waals surface area contributed by atoms with Gasteiger partial charge in [-0.2, -0.15) is 5.10 Å². The van der Waals surface area contributed by atoms with Crippen molar-refractivity contribution in [1.82, 2.24) is 18.7 Å². The quantitative estimate of drug-likeness (QED) is 0.295. The maximum Gasteiger partial charge on any atom is 0.417 e. The van der Waals surface area contributed by atoms with Crippen molar-refractivity contribution >= 4 is 28.9 Å². The minimum atomic E-state index is -1.13. The Balaban J connectivity index is 1.36. The predicted octanol–water partition coefficient (Wildman–Crippen LogP) is 4.31. The van der Waals surface area contributed by atoms with Crippen molar-refractivity contribution in [3.8, 4) is 22.9 Å².